The van der Waals surface area contributed by atoms with Gasteiger partial charge < -0.3 is 10.4 Å². The molecule has 0 fully saturated rings. The fourth-order valence-corrected chi connectivity index (χ4v) is 1.53. The highest BCUT2D eigenvalue weighted by Gasteiger charge is 2.10. The summed E-state index contributed by atoms with van der Waals surface area (Å²) in [7, 11) is 0. The van der Waals surface area contributed by atoms with Crippen LogP contribution in [0.5, 0.6) is 0 Å². The summed E-state index contributed by atoms with van der Waals surface area (Å²) in [6.45, 7) is 4.03. The second kappa shape index (κ2) is 6.03. The van der Waals surface area contributed by atoms with Gasteiger partial charge in [-0.05, 0) is 13.3 Å². The van der Waals surface area contributed by atoms with Gasteiger partial charge in [0, 0.05) is 12.2 Å². The molecule has 1 rings (SSSR count). The van der Waals surface area contributed by atoms with E-state index in [4.69, 9.17) is 5.11 Å². The number of aromatic nitrogens is 2. The fraction of sp³-hybridized carbons (Fsp3) is 0.545. The number of carboxylic acids is 1. The molecule has 0 spiro atoms. The van der Waals surface area contributed by atoms with Gasteiger partial charge >= 0.3 is 5.97 Å². The monoisotopic (exact) mass is 239 g/mol. The van der Waals surface area contributed by atoms with Gasteiger partial charge in [0.1, 0.15) is 6.54 Å². The lowest BCUT2D eigenvalue weighted by Crippen LogP contribution is -2.35. The Balaban J connectivity index is 2.47. The highest BCUT2D eigenvalue weighted by Crippen LogP contribution is 1.98. The standard InChI is InChI=1S/C11H17N3O3/c1-3-4-8(2)13-10(15)7-14-6-9(5-12-14)11(16)17/h5-6,8H,3-4,7H2,1-2H3,(H,13,15)(H,16,17). The minimum atomic E-state index is -1.05. The van der Waals surface area contributed by atoms with Gasteiger partial charge in [-0.3, -0.25) is 9.48 Å². The van der Waals surface area contributed by atoms with Gasteiger partial charge in [-0.1, -0.05) is 13.3 Å². The van der Waals surface area contributed by atoms with E-state index >= 15 is 0 Å². The second-order valence-corrected chi connectivity index (χ2v) is 3.99. The number of rotatable bonds is 6. The number of carbonyl (C=O) groups is 2. The summed E-state index contributed by atoms with van der Waals surface area (Å²) in [4.78, 5) is 22.2. The van der Waals surface area contributed by atoms with E-state index in [1.54, 1.807) is 0 Å². The van der Waals surface area contributed by atoms with Crippen LogP contribution in [-0.4, -0.2) is 32.8 Å². The highest BCUT2D eigenvalue weighted by atomic mass is 16.4. The normalized spacial score (nSPS) is 12.1. The van der Waals surface area contributed by atoms with Crippen molar-refractivity contribution < 1.29 is 14.7 Å². The Morgan fingerprint density at radius 2 is 2.29 bits per heavy atom. The highest BCUT2D eigenvalue weighted by molar-refractivity contribution is 5.87. The molecule has 0 bridgehead atoms. The predicted molar refractivity (Wildman–Crippen MR) is 61.7 cm³/mol. The Hall–Kier alpha value is -1.85. The maximum Gasteiger partial charge on any atom is 0.338 e. The Morgan fingerprint density at radius 1 is 1.59 bits per heavy atom. The molecule has 94 valence electrons. The molecule has 2 N–H and O–H groups in total. The molecule has 6 heteroatoms. The first-order chi connectivity index (χ1) is 8.02. The molecule has 1 atom stereocenters. The Kier molecular flexibility index (Phi) is 4.68. The van der Waals surface area contributed by atoms with Gasteiger partial charge in [-0.15, -0.1) is 0 Å². The summed E-state index contributed by atoms with van der Waals surface area (Å²) in [6, 6.07) is 0.127. The zero-order valence-electron chi connectivity index (χ0n) is 10.0. The van der Waals surface area contributed by atoms with Crippen molar-refractivity contribution in [2.75, 3.05) is 0 Å². The molecule has 1 unspecified atom stereocenters. The van der Waals surface area contributed by atoms with Crippen molar-refractivity contribution >= 4 is 11.9 Å². The summed E-state index contributed by atoms with van der Waals surface area (Å²) in [5.41, 5.74) is 0.0828. The zero-order valence-corrected chi connectivity index (χ0v) is 10.0. The molecule has 0 aromatic carbocycles. The molecule has 1 aromatic rings. The van der Waals surface area contributed by atoms with Gasteiger partial charge in [0.05, 0.1) is 11.8 Å². The quantitative estimate of drug-likeness (QED) is 0.772. The van der Waals surface area contributed by atoms with Gasteiger partial charge in [0.15, 0.2) is 0 Å². The average molecular weight is 239 g/mol. The molecule has 1 heterocycles. The number of carbonyl (C=O) groups excluding carboxylic acids is 1. The Morgan fingerprint density at radius 3 is 2.82 bits per heavy atom. The van der Waals surface area contributed by atoms with Crippen LogP contribution in [0.2, 0.25) is 0 Å². The summed E-state index contributed by atoms with van der Waals surface area (Å²) in [5.74, 6) is -1.21. The van der Waals surface area contributed by atoms with E-state index in [1.807, 2.05) is 6.92 Å². The van der Waals surface area contributed by atoms with E-state index < -0.39 is 5.97 Å². The molecule has 1 amide bonds. The van der Waals surface area contributed by atoms with Crippen LogP contribution in [0.25, 0.3) is 0 Å². The van der Waals surface area contributed by atoms with Crippen LogP contribution in [0.1, 0.15) is 37.0 Å². The predicted octanol–water partition coefficient (Wildman–Crippen LogP) is 0.886. The molecule has 0 aliphatic heterocycles. The number of hydrogen-bond donors (Lipinski definition) is 2. The number of nitrogens with one attached hydrogen (secondary N) is 1. The van der Waals surface area contributed by atoms with Crippen molar-refractivity contribution in [2.45, 2.75) is 39.3 Å². The van der Waals surface area contributed by atoms with E-state index in [9.17, 15) is 9.59 Å². The lowest BCUT2D eigenvalue weighted by molar-refractivity contribution is -0.122. The topological polar surface area (TPSA) is 84.2 Å². The second-order valence-electron chi connectivity index (χ2n) is 3.99. The lowest BCUT2D eigenvalue weighted by Gasteiger charge is -2.12. The van der Waals surface area contributed by atoms with E-state index in [-0.39, 0.29) is 24.1 Å². The van der Waals surface area contributed by atoms with Crippen molar-refractivity contribution in [2.24, 2.45) is 0 Å². The smallest absolute Gasteiger partial charge is 0.338 e. The van der Waals surface area contributed by atoms with Gasteiger partial charge in [-0.2, -0.15) is 5.10 Å². The van der Waals surface area contributed by atoms with Gasteiger partial charge in [-0.25, -0.2) is 4.79 Å². The van der Waals surface area contributed by atoms with E-state index in [0.717, 1.165) is 12.8 Å². The molecular formula is C11H17N3O3. The molecule has 0 saturated carbocycles. The molecule has 0 aliphatic rings. The molecule has 17 heavy (non-hydrogen) atoms. The van der Waals surface area contributed by atoms with Crippen LogP contribution >= 0.6 is 0 Å². The van der Waals surface area contributed by atoms with Crippen molar-refractivity contribution in [1.29, 1.82) is 0 Å². The molecule has 0 saturated heterocycles. The van der Waals surface area contributed by atoms with Crippen LogP contribution in [0.4, 0.5) is 0 Å². The number of amides is 1. The Labute approximate surface area is 99.6 Å². The molecule has 0 aliphatic carbocycles. The number of hydrogen-bond acceptors (Lipinski definition) is 3. The summed E-state index contributed by atoms with van der Waals surface area (Å²) >= 11 is 0. The SMILES string of the molecule is CCCC(C)NC(=O)Cn1cc(C(=O)O)cn1. The van der Waals surface area contributed by atoms with Crippen LogP contribution in [0, 0.1) is 0 Å². The first-order valence-corrected chi connectivity index (χ1v) is 5.58. The molecule has 0 radical (unpaired) electrons. The number of nitrogens with zero attached hydrogens (tertiary/aromatic N) is 2. The number of carboxylic acid groups (broad SMARTS) is 1. The maximum atomic E-state index is 11.6. The van der Waals surface area contributed by atoms with Crippen molar-refractivity contribution in [3.63, 3.8) is 0 Å². The summed E-state index contributed by atoms with van der Waals surface area (Å²) < 4.78 is 1.32. The van der Waals surface area contributed by atoms with Crippen LogP contribution in [-0.2, 0) is 11.3 Å². The van der Waals surface area contributed by atoms with E-state index in [2.05, 4.69) is 17.3 Å². The first-order valence-electron chi connectivity index (χ1n) is 5.58. The van der Waals surface area contributed by atoms with E-state index in [0.29, 0.717) is 0 Å². The lowest BCUT2D eigenvalue weighted by atomic mass is 10.2. The first kappa shape index (κ1) is 13.2. The van der Waals surface area contributed by atoms with Crippen LogP contribution < -0.4 is 5.32 Å². The van der Waals surface area contributed by atoms with Gasteiger partial charge in [0.25, 0.3) is 0 Å². The molecule has 6 nitrogen and oxygen atoms in total. The van der Waals surface area contributed by atoms with E-state index in [1.165, 1.54) is 17.1 Å². The third kappa shape index (κ3) is 4.26. The molecular weight excluding hydrogens is 222 g/mol. The van der Waals surface area contributed by atoms with Crippen molar-refractivity contribution in [3.05, 3.63) is 18.0 Å². The Bertz CT molecular complexity index is 400. The zero-order chi connectivity index (χ0) is 12.8. The third-order valence-corrected chi connectivity index (χ3v) is 2.31. The van der Waals surface area contributed by atoms with Crippen molar-refractivity contribution in [3.8, 4) is 0 Å². The average Bonchev–Trinajstić information content (AvgIpc) is 2.66. The molecule has 1 aromatic heterocycles. The van der Waals surface area contributed by atoms with Gasteiger partial charge in [0.2, 0.25) is 5.91 Å². The fourth-order valence-electron chi connectivity index (χ4n) is 1.53. The minimum absolute atomic E-state index is 0.0430. The summed E-state index contributed by atoms with van der Waals surface area (Å²) in [6.07, 6.45) is 4.50. The minimum Gasteiger partial charge on any atom is -0.478 e. The number of aromatic carboxylic acids is 1. The van der Waals surface area contributed by atoms with Crippen LogP contribution in [0.15, 0.2) is 12.4 Å². The summed E-state index contributed by atoms with van der Waals surface area (Å²) in [5, 5.41) is 15.3. The third-order valence-electron chi connectivity index (χ3n) is 2.31. The van der Waals surface area contributed by atoms with Crippen LogP contribution in [0.3, 0.4) is 0 Å². The largest absolute Gasteiger partial charge is 0.478 e. The maximum absolute atomic E-state index is 11.6. The van der Waals surface area contributed by atoms with Crippen molar-refractivity contribution in [1.82, 2.24) is 15.1 Å².